The summed E-state index contributed by atoms with van der Waals surface area (Å²) in [5, 5.41) is 8.64. The molecule has 210 valence electrons. The Morgan fingerprint density at radius 3 is 2.59 bits per heavy atom. The second kappa shape index (κ2) is 10.7. The van der Waals surface area contributed by atoms with Crippen molar-refractivity contribution >= 4 is 50.5 Å². The molecule has 41 heavy (non-hydrogen) atoms. The van der Waals surface area contributed by atoms with E-state index in [2.05, 4.69) is 25.9 Å². The Labute approximate surface area is 239 Å². The summed E-state index contributed by atoms with van der Waals surface area (Å²) in [7, 11) is -3.97. The van der Waals surface area contributed by atoms with E-state index >= 15 is 0 Å². The molecule has 3 heterocycles. The summed E-state index contributed by atoms with van der Waals surface area (Å²) in [6, 6.07) is 13.3. The molecular weight excluding hydrogens is 566 g/mol. The minimum atomic E-state index is -3.97. The number of rotatable bonds is 5. The van der Waals surface area contributed by atoms with Crippen molar-refractivity contribution in [2.75, 3.05) is 10.6 Å². The van der Waals surface area contributed by atoms with Crippen molar-refractivity contribution in [3.05, 3.63) is 83.0 Å². The first kappa shape index (κ1) is 27.9. The highest BCUT2D eigenvalue weighted by Crippen LogP contribution is 2.34. The molecule has 5 rings (SSSR count). The quantitative estimate of drug-likeness (QED) is 0.296. The van der Waals surface area contributed by atoms with E-state index in [0.29, 0.717) is 16.4 Å². The van der Waals surface area contributed by atoms with Crippen molar-refractivity contribution in [1.29, 1.82) is 0 Å². The average Bonchev–Trinajstić information content (AvgIpc) is 3.37. The number of carbonyl (C=O) groups excluding carboxylic acids is 3. The van der Waals surface area contributed by atoms with Crippen LogP contribution in [0.15, 0.2) is 76.8 Å². The van der Waals surface area contributed by atoms with Crippen LogP contribution >= 0.6 is 11.3 Å². The molecule has 1 aliphatic heterocycles. The monoisotopic (exact) mass is 591 g/mol. The molecule has 0 fully saturated rings. The summed E-state index contributed by atoms with van der Waals surface area (Å²) in [5.41, 5.74) is 0.642. The number of sulfone groups is 1. The number of benzene rings is 2. The standard InChI is InChI=1S/C28H25N5O6S2/c1-28(2,3)39-27(36)32-17-10-11-29-21(13-17)26-31-15-18(40-26)14-30-24(34)16-8-9-23-20(12-16)33-25(35)19-6-4-5-7-22(19)41(23,37)38/h4-13,15H,14H2,1-3H3,(H,30,34)(H,33,35)(H,29,32,36). The first-order valence-corrected chi connectivity index (χ1v) is 14.7. The number of hydrogen-bond acceptors (Lipinski definition) is 9. The molecule has 0 aliphatic carbocycles. The molecule has 0 bridgehead atoms. The molecule has 3 amide bonds. The molecule has 0 spiro atoms. The van der Waals surface area contributed by atoms with Crippen LogP contribution in [0.5, 0.6) is 0 Å². The number of aromatic nitrogens is 2. The van der Waals surface area contributed by atoms with E-state index in [4.69, 9.17) is 4.74 Å². The van der Waals surface area contributed by atoms with Gasteiger partial charge in [0.25, 0.3) is 11.8 Å². The summed E-state index contributed by atoms with van der Waals surface area (Å²) in [6.07, 6.45) is 2.56. The molecule has 13 heteroatoms. The molecule has 0 radical (unpaired) electrons. The third kappa shape index (κ3) is 6.10. The third-order valence-corrected chi connectivity index (χ3v) is 8.69. The molecule has 0 unspecified atom stereocenters. The largest absolute Gasteiger partial charge is 0.444 e. The summed E-state index contributed by atoms with van der Waals surface area (Å²) < 4.78 is 31.6. The Morgan fingerprint density at radius 1 is 1.02 bits per heavy atom. The van der Waals surface area contributed by atoms with Crippen LogP contribution < -0.4 is 16.0 Å². The van der Waals surface area contributed by atoms with Crippen LogP contribution in [0.1, 0.15) is 46.4 Å². The van der Waals surface area contributed by atoms with E-state index in [-0.39, 0.29) is 33.2 Å². The van der Waals surface area contributed by atoms with Gasteiger partial charge in [0.2, 0.25) is 9.84 Å². The zero-order chi connectivity index (χ0) is 29.4. The fourth-order valence-corrected chi connectivity index (χ4v) is 6.43. The second-order valence-electron chi connectivity index (χ2n) is 10.0. The molecular formula is C28H25N5O6S2. The number of amides is 3. The van der Waals surface area contributed by atoms with Crippen molar-refractivity contribution in [3.63, 3.8) is 0 Å². The smallest absolute Gasteiger partial charge is 0.412 e. The summed E-state index contributed by atoms with van der Waals surface area (Å²) in [6.45, 7) is 5.47. The van der Waals surface area contributed by atoms with Gasteiger partial charge in [0.1, 0.15) is 16.3 Å². The predicted molar refractivity (Wildman–Crippen MR) is 153 cm³/mol. The fourth-order valence-electron chi connectivity index (χ4n) is 4.02. The number of hydrogen-bond donors (Lipinski definition) is 3. The van der Waals surface area contributed by atoms with Crippen LogP contribution in [0, 0.1) is 0 Å². The predicted octanol–water partition coefficient (Wildman–Crippen LogP) is 4.88. The Balaban J connectivity index is 1.27. The minimum Gasteiger partial charge on any atom is -0.444 e. The number of anilines is 2. The van der Waals surface area contributed by atoms with E-state index in [1.54, 1.807) is 57.4 Å². The van der Waals surface area contributed by atoms with Crippen LogP contribution in [0.25, 0.3) is 10.7 Å². The molecule has 4 aromatic rings. The number of ether oxygens (including phenoxy) is 1. The Bertz CT molecular complexity index is 1790. The van der Waals surface area contributed by atoms with Crippen molar-refractivity contribution in [2.24, 2.45) is 0 Å². The maximum absolute atomic E-state index is 13.2. The van der Waals surface area contributed by atoms with Crippen molar-refractivity contribution in [2.45, 2.75) is 42.7 Å². The zero-order valence-corrected chi connectivity index (χ0v) is 23.9. The number of carbonyl (C=O) groups is 3. The molecule has 11 nitrogen and oxygen atoms in total. The van der Waals surface area contributed by atoms with Crippen LogP contribution in [0.4, 0.5) is 16.2 Å². The van der Waals surface area contributed by atoms with E-state index in [9.17, 15) is 22.8 Å². The van der Waals surface area contributed by atoms with Gasteiger partial charge in [0, 0.05) is 28.5 Å². The molecule has 3 N–H and O–H groups in total. The topological polar surface area (TPSA) is 156 Å². The second-order valence-corrected chi connectivity index (χ2v) is 13.0. The van der Waals surface area contributed by atoms with Crippen molar-refractivity contribution in [1.82, 2.24) is 15.3 Å². The Kier molecular flexibility index (Phi) is 7.32. The molecule has 0 atom stereocenters. The number of pyridine rings is 1. The van der Waals surface area contributed by atoms with Gasteiger partial charge < -0.3 is 15.4 Å². The van der Waals surface area contributed by atoms with Crippen LogP contribution in [-0.4, -0.2) is 41.9 Å². The highest BCUT2D eigenvalue weighted by Gasteiger charge is 2.31. The molecule has 0 saturated heterocycles. The van der Waals surface area contributed by atoms with E-state index in [1.807, 2.05) is 0 Å². The average molecular weight is 592 g/mol. The van der Waals surface area contributed by atoms with E-state index in [0.717, 1.165) is 4.88 Å². The van der Waals surface area contributed by atoms with Gasteiger partial charge in [-0.15, -0.1) is 11.3 Å². The maximum Gasteiger partial charge on any atom is 0.412 e. The first-order chi connectivity index (χ1) is 19.4. The van der Waals surface area contributed by atoms with E-state index in [1.165, 1.54) is 41.7 Å². The minimum absolute atomic E-state index is 0.0323. The lowest BCUT2D eigenvalue weighted by Gasteiger charge is -2.19. The lowest BCUT2D eigenvalue weighted by atomic mass is 10.1. The third-order valence-electron chi connectivity index (χ3n) is 5.80. The Hall–Kier alpha value is -4.62. The fraction of sp³-hybridized carbons (Fsp3) is 0.179. The van der Waals surface area contributed by atoms with Crippen LogP contribution in [0.2, 0.25) is 0 Å². The lowest BCUT2D eigenvalue weighted by Crippen LogP contribution is -2.27. The van der Waals surface area contributed by atoms with Gasteiger partial charge in [0.15, 0.2) is 0 Å². The van der Waals surface area contributed by atoms with E-state index < -0.39 is 33.3 Å². The van der Waals surface area contributed by atoms with Crippen LogP contribution in [0.3, 0.4) is 0 Å². The van der Waals surface area contributed by atoms with Gasteiger partial charge in [-0.05, 0) is 63.2 Å². The highest BCUT2D eigenvalue weighted by molar-refractivity contribution is 7.91. The number of nitrogens with one attached hydrogen (secondary N) is 3. The lowest BCUT2D eigenvalue weighted by molar-refractivity contribution is 0.0635. The molecule has 1 aliphatic rings. The summed E-state index contributed by atoms with van der Waals surface area (Å²) in [5.74, 6) is -1.03. The van der Waals surface area contributed by atoms with Crippen molar-refractivity contribution < 1.29 is 27.5 Å². The maximum atomic E-state index is 13.2. The van der Waals surface area contributed by atoms with Gasteiger partial charge in [-0.1, -0.05) is 12.1 Å². The van der Waals surface area contributed by atoms with Gasteiger partial charge in [0.05, 0.1) is 27.6 Å². The summed E-state index contributed by atoms with van der Waals surface area (Å²) >= 11 is 1.31. The van der Waals surface area contributed by atoms with Gasteiger partial charge in [-0.3, -0.25) is 19.9 Å². The summed E-state index contributed by atoms with van der Waals surface area (Å²) in [4.78, 5) is 46.9. The normalized spacial score (nSPS) is 13.7. The van der Waals surface area contributed by atoms with Crippen LogP contribution in [-0.2, 0) is 21.1 Å². The SMILES string of the molecule is CC(C)(C)OC(=O)Nc1ccnc(-c2ncc(CNC(=O)c3ccc4c(c3)NC(=O)c3ccccc3S4(=O)=O)s2)c1. The highest BCUT2D eigenvalue weighted by atomic mass is 32.2. The number of nitrogens with zero attached hydrogens (tertiary/aromatic N) is 2. The molecule has 2 aromatic heterocycles. The van der Waals surface area contributed by atoms with Gasteiger partial charge in [-0.2, -0.15) is 0 Å². The molecule has 0 saturated carbocycles. The zero-order valence-electron chi connectivity index (χ0n) is 22.2. The molecule has 2 aromatic carbocycles. The van der Waals surface area contributed by atoms with Crippen molar-refractivity contribution in [3.8, 4) is 10.7 Å². The number of thiazole rings is 1. The first-order valence-electron chi connectivity index (χ1n) is 12.4. The number of fused-ring (bicyclic) bond motifs is 2. The Morgan fingerprint density at radius 2 is 1.80 bits per heavy atom. The van der Waals surface area contributed by atoms with Gasteiger partial charge in [-0.25, -0.2) is 18.2 Å². The van der Waals surface area contributed by atoms with Gasteiger partial charge >= 0.3 is 6.09 Å².